The minimum Gasteiger partial charge on any atom is -0.308 e. The summed E-state index contributed by atoms with van der Waals surface area (Å²) in [5.41, 5.74) is 3.67. The van der Waals surface area contributed by atoms with Crippen LogP contribution in [-0.4, -0.2) is 10.2 Å². The molecule has 0 radical (unpaired) electrons. The van der Waals surface area contributed by atoms with Crippen LogP contribution in [0.1, 0.15) is 16.8 Å². The van der Waals surface area contributed by atoms with Gasteiger partial charge in [0.05, 0.1) is 6.20 Å². The third-order valence-corrected chi connectivity index (χ3v) is 2.42. The van der Waals surface area contributed by atoms with Crippen molar-refractivity contribution in [1.82, 2.24) is 15.5 Å². The predicted molar refractivity (Wildman–Crippen MR) is 60.3 cm³/mol. The van der Waals surface area contributed by atoms with Gasteiger partial charge in [-0.3, -0.25) is 5.10 Å². The van der Waals surface area contributed by atoms with E-state index in [0.29, 0.717) is 0 Å². The van der Waals surface area contributed by atoms with Crippen molar-refractivity contribution in [2.45, 2.75) is 20.0 Å². The maximum atomic E-state index is 3.98. The molecule has 2 N–H and O–H groups in total. The molecule has 3 heteroatoms. The van der Waals surface area contributed by atoms with Gasteiger partial charge in [0.1, 0.15) is 0 Å². The number of hydrogen-bond donors (Lipinski definition) is 2. The Morgan fingerprint density at radius 2 is 2.00 bits per heavy atom. The Morgan fingerprint density at radius 1 is 1.20 bits per heavy atom. The van der Waals surface area contributed by atoms with Crippen LogP contribution in [0.15, 0.2) is 36.5 Å². The van der Waals surface area contributed by atoms with Crippen molar-refractivity contribution in [2.75, 3.05) is 0 Å². The van der Waals surface area contributed by atoms with Gasteiger partial charge in [-0.25, -0.2) is 0 Å². The minimum absolute atomic E-state index is 0.858. The first-order chi connectivity index (χ1) is 7.36. The quantitative estimate of drug-likeness (QED) is 0.794. The fraction of sp³-hybridized carbons (Fsp3) is 0.250. The van der Waals surface area contributed by atoms with E-state index in [1.54, 1.807) is 0 Å². The van der Waals surface area contributed by atoms with Crippen LogP contribution in [0.5, 0.6) is 0 Å². The van der Waals surface area contributed by atoms with Crippen molar-refractivity contribution in [1.29, 1.82) is 0 Å². The molecule has 0 fully saturated rings. The number of aryl methyl sites for hydroxylation is 1. The Kier molecular flexibility index (Phi) is 3.15. The van der Waals surface area contributed by atoms with Gasteiger partial charge < -0.3 is 5.32 Å². The minimum atomic E-state index is 0.858. The molecule has 0 atom stereocenters. The van der Waals surface area contributed by atoms with E-state index in [1.165, 1.54) is 11.1 Å². The molecule has 0 unspecified atom stereocenters. The number of nitrogens with zero attached hydrogens (tertiary/aromatic N) is 1. The Morgan fingerprint density at radius 3 is 2.67 bits per heavy atom. The smallest absolute Gasteiger partial charge is 0.0535 e. The van der Waals surface area contributed by atoms with E-state index in [2.05, 4.69) is 39.8 Å². The fourth-order valence-corrected chi connectivity index (χ4v) is 1.49. The molecule has 0 aliphatic rings. The molecule has 2 rings (SSSR count). The second-order valence-electron chi connectivity index (χ2n) is 3.61. The summed E-state index contributed by atoms with van der Waals surface area (Å²) in [5, 5.41) is 10.3. The van der Waals surface area contributed by atoms with Gasteiger partial charge in [0.25, 0.3) is 0 Å². The van der Waals surface area contributed by atoms with E-state index in [4.69, 9.17) is 0 Å². The summed E-state index contributed by atoms with van der Waals surface area (Å²) in [6.45, 7) is 3.79. The topological polar surface area (TPSA) is 40.7 Å². The van der Waals surface area contributed by atoms with Crippen LogP contribution in [0.25, 0.3) is 0 Å². The van der Waals surface area contributed by atoms with Crippen molar-refractivity contribution in [2.24, 2.45) is 0 Å². The van der Waals surface area contributed by atoms with E-state index in [1.807, 2.05) is 19.2 Å². The number of aromatic nitrogens is 2. The van der Waals surface area contributed by atoms with Crippen LogP contribution in [0.4, 0.5) is 0 Å². The first-order valence-corrected chi connectivity index (χ1v) is 5.10. The normalized spacial score (nSPS) is 10.5. The summed E-state index contributed by atoms with van der Waals surface area (Å²) in [6, 6.07) is 10.4. The zero-order chi connectivity index (χ0) is 10.5. The third-order valence-electron chi connectivity index (χ3n) is 2.42. The molecule has 0 saturated carbocycles. The number of nitrogens with one attached hydrogen (secondary N) is 2. The number of H-pyrrole nitrogens is 1. The average Bonchev–Trinajstić information content (AvgIpc) is 2.66. The van der Waals surface area contributed by atoms with E-state index in [0.717, 1.165) is 18.8 Å². The van der Waals surface area contributed by atoms with Crippen LogP contribution < -0.4 is 5.32 Å². The highest BCUT2D eigenvalue weighted by Gasteiger charge is 1.98. The van der Waals surface area contributed by atoms with E-state index >= 15 is 0 Å². The van der Waals surface area contributed by atoms with Gasteiger partial charge in [-0.05, 0) is 12.5 Å². The summed E-state index contributed by atoms with van der Waals surface area (Å²) in [7, 11) is 0. The van der Waals surface area contributed by atoms with Crippen molar-refractivity contribution >= 4 is 0 Å². The van der Waals surface area contributed by atoms with E-state index in [-0.39, 0.29) is 0 Å². The van der Waals surface area contributed by atoms with Crippen LogP contribution in [0.2, 0.25) is 0 Å². The van der Waals surface area contributed by atoms with Gasteiger partial charge in [-0.1, -0.05) is 30.3 Å². The molecular formula is C12H15N3. The molecule has 0 aliphatic carbocycles. The van der Waals surface area contributed by atoms with Gasteiger partial charge in [-0.2, -0.15) is 5.10 Å². The van der Waals surface area contributed by atoms with Gasteiger partial charge in [0.15, 0.2) is 0 Å². The standard InChI is InChI=1S/C12H15N3/c1-10-12(9-14-15-10)8-13-7-11-5-3-2-4-6-11/h2-6,9,13H,7-8H2,1H3,(H,14,15). The van der Waals surface area contributed by atoms with Gasteiger partial charge in [0, 0.05) is 24.3 Å². The molecule has 2 aromatic rings. The first kappa shape index (κ1) is 9.93. The molecule has 3 nitrogen and oxygen atoms in total. The Labute approximate surface area is 89.5 Å². The molecule has 0 amide bonds. The van der Waals surface area contributed by atoms with E-state index in [9.17, 15) is 0 Å². The molecule has 0 bridgehead atoms. The maximum Gasteiger partial charge on any atom is 0.0535 e. The third kappa shape index (κ3) is 2.67. The summed E-state index contributed by atoms with van der Waals surface area (Å²) in [4.78, 5) is 0. The van der Waals surface area contributed by atoms with Crippen LogP contribution in [-0.2, 0) is 13.1 Å². The predicted octanol–water partition coefficient (Wildman–Crippen LogP) is 2.01. The summed E-state index contributed by atoms with van der Waals surface area (Å²) >= 11 is 0. The second-order valence-corrected chi connectivity index (χ2v) is 3.61. The molecule has 1 aromatic heterocycles. The number of benzene rings is 1. The molecule has 1 aromatic carbocycles. The van der Waals surface area contributed by atoms with Gasteiger partial charge >= 0.3 is 0 Å². The lowest BCUT2D eigenvalue weighted by atomic mass is 10.2. The highest BCUT2D eigenvalue weighted by Crippen LogP contribution is 2.03. The molecule has 0 spiro atoms. The summed E-state index contributed by atoms with van der Waals surface area (Å²) in [6.07, 6.45) is 1.87. The van der Waals surface area contributed by atoms with E-state index < -0.39 is 0 Å². The molecule has 78 valence electrons. The molecule has 0 aliphatic heterocycles. The van der Waals surface area contributed by atoms with Crippen molar-refractivity contribution < 1.29 is 0 Å². The zero-order valence-electron chi connectivity index (χ0n) is 8.83. The molecule has 1 heterocycles. The first-order valence-electron chi connectivity index (χ1n) is 5.10. The van der Waals surface area contributed by atoms with Gasteiger partial charge in [0.2, 0.25) is 0 Å². The number of aromatic amines is 1. The lowest BCUT2D eigenvalue weighted by Gasteiger charge is -2.03. The SMILES string of the molecule is Cc1[nH]ncc1CNCc1ccccc1. The van der Waals surface area contributed by atoms with Crippen LogP contribution in [0, 0.1) is 6.92 Å². The average molecular weight is 201 g/mol. The Hall–Kier alpha value is -1.61. The highest BCUT2D eigenvalue weighted by atomic mass is 15.1. The largest absolute Gasteiger partial charge is 0.308 e. The number of hydrogen-bond acceptors (Lipinski definition) is 2. The Bertz CT molecular complexity index is 406. The molecular weight excluding hydrogens is 186 g/mol. The van der Waals surface area contributed by atoms with Crippen molar-refractivity contribution in [3.05, 3.63) is 53.3 Å². The monoisotopic (exact) mass is 201 g/mol. The second kappa shape index (κ2) is 4.75. The number of rotatable bonds is 4. The molecule has 0 saturated heterocycles. The Balaban J connectivity index is 1.83. The maximum absolute atomic E-state index is 3.98. The summed E-state index contributed by atoms with van der Waals surface area (Å²) < 4.78 is 0. The fourth-order valence-electron chi connectivity index (χ4n) is 1.49. The molecule has 15 heavy (non-hydrogen) atoms. The van der Waals surface area contributed by atoms with Crippen LogP contribution in [0.3, 0.4) is 0 Å². The lowest BCUT2D eigenvalue weighted by Crippen LogP contribution is -2.12. The van der Waals surface area contributed by atoms with Crippen LogP contribution >= 0.6 is 0 Å². The summed E-state index contributed by atoms with van der Waals surface area (Å²) in [5.74, 6) is 0. The lowest BCUT2D eigenvalue weighted by molar-refractivity contribution is 0.691. The van der Waals surface area contributed by atoms with Crippen molar-refractivity contribution in [3.8, 4) is 0 Å². The van der Waals surface area contributed by atoms with Crippen molar-refractivity contribution in [3.63, 3.8) is 0 Å². The zero-order valence-corrected chi connectivity index (χ0v) is 8.83. The highest BCUT2D eigenvalue weighted by molar-refractivity contribution is 5.16. The van der Waals surface area contributed by atoms with Gasteiger partial charge in [-0.15, -0.1) is 0 Å².